The quantitative estimate of drug-likeness (QED) is 0.682. The van der Waals surface area contributed by atoms with Gasteiger partial charge in [-0.15, -0.1) is 0 Å². The summed E-state index contributed by atoms with van der Waals surface area (Å²) in [4.78, 5) is 3.80. The molecule has 0 saturated heterocycles. The predicted molar refractivity (Wildman–Crippen MR) is 84.2 cm³/mol. The second-order valence-electron chi connectivity index (χ2n) is 5.10. The minimum absolute atomic E-state index is 0.0603. The number of pyridine rings is 1. The van der Waals surface area contributed by atoms with Crippen molar-refractivity contribution in [3.05, 3.63) is 24.0 Å². The van der Waals surface area contributed by atoms with Crippen LogP contribution in [0, 0.1) is 0 Å². The summed E-state index contributed by atoms with van der Waals surface area (Å²) in [6, 6.07) is 2.69. The molecule has 1 aromatic rings. The van der Waals surface area contributed by atoms with Crippen molar-refractivity contribution in [2.24, 2.45) is 5.73 Å². The van der Waals surface area contributed by atoms with Crippen molar-refractivity contribution >= 4 is 37.1 Å². The van der Waals surface area contributed by atoms with Crippen LogP contribution in [0.1, 0.15) is 19.5 Å². The molecule has 1 heterocycles. The van der Waals surface area contributed by atoms with Crippen molar-refractivity contribution in [1.82, 2.24) is 9.71 Å². The van der Waals surface area contributed by atoms with E-state index in [1.807, 2.05) is 0 Å². The summed E-state index contributed by atoms with van der Waals surface area (Å²) in [6.07, 6.45) is 2.17. The Hall–Kier alpha value is -1.10. The summed E-state index contributed by atoms with van der Waals surface area (Å²) in [5, 5.41) is 0. The van der Waals surface area contributed by atoms with Gasteiger partial charge < -0.3 is 5.73 Å². The van der Waals surface area contributed by atoms with Crippen LogP contribution in [0.3, 0.4) is 0 Å². The van der Waals surface area contributed by atoms with E-state index in [4.69, 9.17) is 18.0 Å². The number of nitrogens with zero attached hydrogens (tertiary/aromatic N) is 1. The van der Waals surface area contributed by atoms with E-state index in [0.717, 1.165) is 12.5 Å². The maximum absolute atomic E-state index is 12.1. The second kappa shape index (κ2) is 5.95. The fraction of sp³-hybridized carbons (Fsp3) is 0.455. The first kappa shape index (κ1) is 18.0. The maximum Gasteiger partial charge on any atom is 0.242 e. The summed E-state index contributed by atoms with van der Waals surface area (Å²) >= 11 is 4.72. The molecular weight excluding hydrogens is 334 g/mol. The summed E-state index contributed by atoms with van der Waals surface area (Å²) < 4.78 is 48.3. The van der Waals surface area contributed by atoms with Gasteiger partial charge >= 0.3 is 0 Å². The van der Waals surface area contributed by atoms with Crippen molar-refractivity contribution in [3.8, 4) is 0 Å². The molecule has 0 aliphatic carbocycles. The Bertz CT molecular complexity index is 737. The molecule has 3 N–H and O–H groups in total. The van der Waals surface area contributed by atoms with Crippen molar-refractivity contribution in [1.29, 1.82) is 0 Å². The van der Waals surface area contributed by atoms with Crippen molar-refractivity contribution in [3.63, 3.8) is 0 Å². The minimum Gasteiger partial charge on any atom is -0.388 e. The molecule has 1 aromatic heterocycles. The minimum atomic E-state index is -3.86. The summed E-state index contributed by atoms with van der Waals surface area (Å²) in [6.45, 7) is 2.64. The maximum atomic E-state index is 12.1. The Balaban J connectivity index is 2.95. The van der Waals surface area contributed by atoms with Crippen LogP contribution in [0.4, 0.5) is 0 Å². The lowest BCUT2D eigenvalue weighted by molar-refractivity contribution is 0.537. The van der Waals surface area contributed by atoms with E-state index >= 15 is 0 Å². The van der Waals surface area contributed by atoms with Crippen LogP contribution in [-0.4, -0.2) is 44.4 Å². The molecule has 118 valence electrons. The molecule has 0 spiro atoms. The molecular formula is C11H17N3O4S3. The van der Waals surface area contributed by atoms with Gasteiger partial charge in [0.05, 0.1) is 10.4 Å². The van der Waals surface area contributed by atoms with E-state index in [2.05, 4.69) is 9.71 Å². The van der Waals surface area contributed by atoms with Crippen molar-refractivity contribution in [2.45, 2.75) is 23.5 Å². The first-order valence-corrected chi connectivity index (χ1v) is 9.60. The van der Waals surface area contributed by atoms with Gasteiger partial charge in [-0.3, -0.25) is 4.98 Å². The van der Waals surface area contributed by atoms with Crippen LogP contribution >= 0.6 is 12.2 Å². The number of sulfonamides is 1. The molecule has 10 heteroatoms. The van der Waals surface area contributed by atoms with Crippen molar-refractivity contribution in [2.75, 3.05) is 12.8 Å². The van der Waals surface area contributed by atoms with Gasteiger partial charge in [-0.2, -0.15) is 0 Å². The first-order valence-electron chi connectivity index (χ1n) is 5.82. The van der Waals surface area contributed by atoms with Gasteiger partial charge in [0.2, 0.25) is 10.0 Å². The second-order valence-corrected chi connectivity index (χ2v) is 9.96. The zero-order chi connectivity index (χ0) is 16.5. The number of rotatable bonds is 6. The van der Waals surface area contributed by atoms with Crippen LogP contribution in [0.15, 0.2) is 23.2 Å². The van der Waals surface area contributed by atoms with Gasteiger partial charge in [0.15, 0.2) is 9.84 Å². The highest BCUT2D eigenvalue weighted by atomic mass is 32.2. The van der Waals surface area contributed by atoms with Gasteiger partial charge in [-0.25, -0.2) is 21.6 Å². The fourth-order valence-corrected chi connectivity index (χ4v) is 2.87. The van der Waals surface area contributed by atoms with E-state index in [0.29, 0.717) is 5.69 Å². The molecule has 0 atom stereocenters. The molecule has 0 amide bonds. The normalized spacial score (nSPS) is 13.1. The zero-order valence-corrected chi connectivity index (χ0v) is 14.3. The SMILES string of the molecule is CC(C)(CNS(=O)(=O)c1ccc(C(N)=S)nc1)S(C)(=O)=O. The van der Waals surface area contributed by atoms with Crippen LogP contribution in [-0.2, 0) is 19.9 Å². The molecule has 7 nitrogen and oxygen atoms in total. The molecule has 0 bridgehead atoms. The lowest BCUT2D eigenvalue weighted by atomic mass is 10.2. The highest BCUT2D eigenvalue weighted by molar-refractivity contribution is 7.92. The number of thiocarbonyl (C=S) groups is 1. The molecule has 0 aromatic carbocycles. The Labute approximate surface area is 129 Å². The third kappa shape index (κ3) is 4.43. The first-order chi connectivity index (χ1) is 9.37. The molecule has 0 unspecified atom stereocenters. The standard InChI is InChI=1S/C11H17N3O4S3/c1-11(2,20(3,15)16)7-14-21(17,18)8-4-5-9(10(12)19)13-6-8/h4-6,14H,7H2,1-3H3,(H2,12,19). The van der Waals surface area contributed by atoms with Crippen molar-refractivity contribution < 1.29 is 16.8 Å². The topological polar surface area (TPSA) is 119 Å². The van der Waals surface area contributed by atoms with Gasteiger partial charge in [-0.05, 0) is 26.0 Å². The molecule has 0 aliphatic heterocycles. The number of aromatic nitrogens is 1. The summed E-state index contributed by atoms with van der Waals surface area (Å²) in [5.41, 5.74) is 5.68. The number of hydrogen-bond donors (Lipinski definition) is 2. The summed E-state index contributed by atoms with van der Waals surface area (Å²) in [7, 11) is -7.26. The Morgan fingerprint density at radius 3 is 2.29 bits per heavy atom. The van der Waals surface area contributed by atoms with Gasteiger partial charge in [-0.1, -0.05) is 12.2 Å². The average molecular weight is 351 g/mol. The lowest BCUT2D eigenvalue weighted by Crippen LogP contribution is -2.43. The fourth-order valence-electron chi connectivity index (χ4n) is 1.17. The van der Waals surface area contributed by atoms with Crippen LogP contribution in [0.25, 0.3) is 0 Å². The van der Waals surface area contributed by atoms with Crippen LogP contribution in [0.5, 0.6) is 0 Å². The van der Waals surface area contributed by atoms with Gasteiger partial charge in [0.1, 0.15) is 9.88 Å². The van der Waals surface area contributed by atoms with E-state index in [-0.39, 0.29) is 16.4 Å². The van der Waals surface area contributed by atoms with Gasteiger partial charge in [0, 0.05) is 19.0 Å². The third-order valence-corrected chi connectivity index (χ3v) is 6.74. The van der Waals surface area contributed by atoms with E-state index in [1.54, 1.807) is 0 Å². The zero-order valence-electron chi connectivity index (χ0n) is 11.8. The molecule has 21 heavy (non-hydrogen) atoms. The lowest BCUT2D eigenvalue weighted by Gasteiger charge is -2.22. The van der Waals surface area contributed by atoms with Gasteiger partial charge in [0.25, 0.3) is 0 Å². The monoisotopic (exact) mass is 351 g/mol. The third-order valence-electron chi connectivity index (χ3n) is 2.99. The molecule has 1 rings (SSSR count). The summed E-state index contributed by atoms with van der Waals surface area (Å²) in [5.74, 6) is 0. The largest absolute Gasteiger partial charge is 0.388 e. The highest BCUT2D eigenvalue weighted by Gasteiger charge is 2.32. The Morgan fingerprint density at radius 1 is 1.33 bits per heavy atom. The molecule has 0 saturated carbocycles. The molecule has 0 aliphatic rings. The Kier molecular flexibility index (Phi) is 5.09. The number of nitrogens with two attached hydrogens (primary N) is 1. The van der Waals surface area contributed by atoms with E-state index < -0.39 is 24.6 Å². The number of sulfone groups is 1. The van der Waals surface area contributed by atoms with E-state index in [9.17, 15) is 16.8 Å². The number of nitrogens with one attached hydrogen (secondary N) is 1. The Morgan fingerprint density at radius 2 is 1.90 bits per heavy atom. The molecule has 0 fully saturated rings. The van der Waals surface area contributed by atoms with Crippen LogP contribution < -0.4 is 10.5 Å². The predicted octanol–water partition coefficient (Wildman–Crippen LogP) is -0.183. The molecule has 0 radical (unpaired) electrons. The number of hydrogen-bond acceptors (Lipinski definition) is 6. The highest BCUT2D eigenvalue weighted by Crippen LogP contribution is 2.15. The van der Waals surface area contributed by atoms with E-state index in [1.165, 1.54) is 26.0 Å². The smallest absolute Gasteiger partial charge is 0.242 e. The van der Waals surface area contributed by atoms with Crippen LogP contribution in [0.2, 0.25) is 0 Å². The average Bonchev–Trinajstić information content (AvgIpc) is 2.35.